The summed E-state index contributed by atoms with van der Waals surface area (Å²) in [6.45, 7) is 7.78. The lowest BCUT2D eigenvalue weighted by Gasteiger charge is -2.34. The van der Waals surface area contributed by atoms with Gasteiger partial charge in [-0.2, -0.15) is 0 Å². The van der Waals surface area contributed by atoms with E-state index in [1.54, 1.807) is 0 Å². The molecule has 0 saturated carbocycles. The number of hydrogen-bond donors (Lipinski definition) is 2. The normalized spacial score (nSPS) is 17.1. The molecule has 2 aromatic heterocycles. The number of rotatable bonds is 4. The highest BCUT2D eigenvalue weighted by molar-refractivity contribution is 5.93. The second kappa shape index (κ2) is 7.62. The van der Waals surface area contributed by atoms with Gasteiger partial charge in [0, 0.05) is 36.8 Å². The third-order valence-electron chi connectivity index (χ3n) is 5.57. The summed E-state index contributed by atoms with van der Waals surface area (Å²) < 4.78 is 0. The summed E-state index contributed by atoms with van der Waals surface area (Å²) in [5.41, 5.74) is 4.18. The van der Waals surface area contributed by atoms with Crippen LogP contribution >= 0.6 is 0 Å². The molecule has 1 fully saturated rings. The van der Waals surface area contributed by atoms with E-state index >= 15 is 0 Å². The molecule has 1 aliphatic heterocycles. The molecule has 0 radical (unpaired) electrons. The molecule has 1 amide bonds. The van der Waals surface area contributed by atoms with Crippen molar-refractivity contribution >= 4 is 22.8 Å². The molecule has 1 aliphatic rings. The van der Waals surface area contributed by atoms with Crippen LogP contribution in [0.4, 0.5) is 5.82 Å². The largest absolute Gasteiger partial charge is 0.354 e. The van der Waals surface area contributed by atoms with E-state index in [0.717, 1.165) is 59.9 Å². The van der Waals surface area contributed by atoms with E-state index in [1.165, 1.54) is 5.56 Å². The smallest absolute Gasteiger partial charge is 0.219 e. The number of nitrogens with one attached hydrogen (secondary N) is 2. The molecule has 0 bridgehead atoms. The van der Waals surface area contributed by atoms with Gasteiger partial charge in [0.15, 0.2) is 5.82 Å². The number of aromatic nitrogens is 3. The Morgan fingerprint density at radius 3 is 2.79 bits per heavy atom. The van der Waals surface area contributed by atoms with Crippen LogP contribution in [0.3, 0.4) is 0 Å². The van der Waals surface area contributed by atoms with Crippen LogP contribution in [0, 0.1) is 13.8 Å². The SMILES string of the molecule is CCC(=O)NC1CCCN(c2nc(-c3ccccc3)nc3[nH]c(C)c(C)c23)C1. The highest BCUT2D eigenvalue weighted by Gasteiger charge is 2.25. The van der Waals surface area contributed by atoms with Crippen LogP contribution in [-0.4, -0.2) is 40.0 Å². The molecule has 4 rings (SSSR count). The second-order valence-corrected chi connectivity index (χ2v) is 7.54. The van der Waals surface area contributed by atoms with E-state index in [-0.39, 0.29) is 11.9 Å². The van der Waals surface area contributed by atoms with Gasteiger partial charge >= 0.3 is 0 Å². The molecule has 6 nitrogen and oxygen atoms in total. The number of aromatic amines is 1. The minimum atomic E-state index is 0.110. The number of anilines is 1. The number of H-pyrrole nitrogens is 1. The Bertz CT molecular complexity index is 995. The highest BCUT2D eigenvalue weighted by atomic mass is 16.1. The Labute approximate surface area is 165 Å². The van der Waals surface area contributed by atoms with Gasteiger partial charge in [-0.15, -0.1) is 0 Å². The molecule has 1 aromatic carbocycles. The first-order chi connectivity index (χ1) is 13.6. The molecule has 146 valence electrons. The van der Waals surface area contributed by atoms with E-state index < -0.39 is 0 Å². The number of nitrogens with zero attached hydrogens (tertiary/aromatic N) is 3. The van der Waals surface area contributed by atoms with E-state index in [2.05, 4.69) is 29.0 Å². The van der Waals surface area contributed by atoms with Crippen LogP contribution in [0.15, 0.2) is 30.3 Å². The molecule has 0 aliphatic carbocycles. The zero-order valence-corrected chi connectivity index (χ0v) is 16.7. The number of benzene rings is 1. The van der Waals surface area contributed by atoms with Crippen LogP contribution < -0.4 is 10.2 Å². The van der Waals surface area contributed by atoms with Gasteiger partial charge in [0.05, 0.1) is 5.39 Å². The fraction of sp³-hybridized carbons (Fsp3) is 0.409. The minimum absolute atomic E-state index is 0.110. The maximum atomic E-state index is 11.9. The minimum Gasteiger partial charge on any atom is -0.354 e. The van der Waals surface area contributed by atoms with Crippen molar-refractivity contribution in [3.05, 3.63) is 41.6 Å². The molecule has 3 heterocycles. The van der Waals surface area contributed by atoms with Gasteiger partial charge in [0.2, 0.25) is 5.91 Å². The predicted octanol–water partition coefficient (Wildman–Crippen LogP) is 3.74. The van der Waals surface area contributed by atoms with Gasteiger partial charge in [-0.1, -0.05) is 37.3 Å². The fourth-order valence-electron chi connectivity index (χ4n) is 3.91. The third-order valence-corrected chi connectivity index (χ3v) is 5.57. The lowest BCUT2D eigenvalue weighted by Crippen LogP contribution is -2.48. The Morgan fingerprint density at radius 2 is 2.04 bits per heavy atom. The predicted molar refractivity (Wildman–Crippen MR) is 112 cm³/mol. The lowest BCUT2D eigenvalue weighted by atomic mass is 10.0. The number of carbonyl (C=O) groups is 1. The van der Waals surface area contributed by atoms with E-state index in [0.29, 0.717) is 6.42 Å². The number of carbonyl (C=O) groups excluding carboxylic acids is 1. The Balaban J connectivity index is 1.77. The molecule has 1 atom stereocenters. The Hall–Kier alpha value is -2.89. The monoisotopic (exact) mass is 377 g/mol. The van der Waals surface area contributed by atoms with Crippen LogP contribution in [0.5, 0.6) is 0 Å². The summed E-state index contributed by atoms with van der Waals surface area (Å²) in [4.78, 5) is 27.4. The van der Waals surface area contributed by atoms with Gasteiger partial charge < -0.3 is 15.2 Å². The summed E-state index contributed by atoms with van der Waals surface area (Å²) >= 11 is 0. The van der Waals surface area contributed by atoms with Crippen LogP contribution in [0.25, 0.3) is 22.4 Å². The summed E-state index contributed by atoms with van der Waals surface area (Å²) in [7, 11) is 0. The molecule has 0 spiro atoms. The topological polar surface area (TPSA) is 73.9 Å². The zero-order valence-electron chi connectivity index (χ0n) is 16.7. The fourth-order valence-corrected chi connectivity index (χ4v) is 3.91. The van der Waals surface area contributed by atoms with Crippen molar-refractivity contribution in [1.82, 2.24) is 20.3 Å². The van der Waals surface area contributed by atoms with Crippen molar-refractivity contribution in [2.75, 3.05) is 18.0 Å². The van der Waals surface area contributed by atoms with E-state index in [1.807, 2.05) is 37.3 Å². The summed E-state index contributed by atoms with van der Waals surface area (Å²) in [6.07, 6.45) is 2.55. The summed E-state index contributed by atoms with van der Waals surface area (Å²) in [5, 5.41) is 4.23. The van der Waals surface area contributed by atoms with Crippen LogP contribution in [0.2, 0.25) is 0 Å². The van der Waals surface area contributed by atoms with Crippen LogP contribution in [0.1, 0.15) is 37.4 Å². The number of aryl methyl sites for hydroxylation is 2. The number of fused-ring (bicyclic) bond motifs is 1. The molecule has 1 saturated heterocycles. The maximum Gasteiger partial charge on any atom is 0.219 e. The van der Waals surface area contributed by atoms with Crippen LogP contribution in [-0.2, 0) is 4.79 Å². The lowest BCUT2D eigenvalue weighted by molar-refractivity contribution is -0.121. The molecule has 1 unspecified atom stereocenters. The van der Waals surface area contributed by atoms with Gasteiger partial charge in [-0.25, -0.2) is 9.97 Å². The quantitative estimate of drug-likeness (QED) is 0.726. The standard InChI is InChI=1S/C22H27N5O/c1-4-18(28)24-17-11-8-12-27(13-17)22-19-14(2)15(3)23-21(19)25-20(26-22)16-9-6-5-7-10-16/h5-7,9-10,17H,4,8,11-13H2,1-3H3,(H,24,28)(H,23,25,26). The van der Waals surface area contributed by atoms with Crippen molar-refractivity contribution in [3.63, 3.8) is 0 Å². The molecule has 6 heteroatoms. The Kier molecular flexibility index (Phi) is 5.03. The summed E-state index contributed by atoms with van der Waals surface area (Å²) in [6, 6.07) is 10.2. The van der Waals surface area contributed by atoms with Gasteiger partial charge in [0.25, 0.3) is 0 Å². The third kappa shape index (κ3) is 3.46. The molecule has 2 N–H and O–H groups in total. The highest BCUT2D eigenvalue weighted by Crippen LogP contribution is 2.32. The number of amides is 1. The Morgan fingerprint density at radius 1 is 1.25 bits per heavy atom. The summed E-state index contributed by atoms with van der Waals surface area (Å²) in [5.74, 6) is 1.79. The first kappa shape index (κ1) is 18.5. The average Bonchev–Trinajstić information content (AvgIpc) is 3.02. The van der Waals surface area contributed by atoms with Crippen molar-refractivity contribution in [2.24, 2.45) is 0 Å². The van der Waals surface area contributed by atoms with Crippen molar-refractivity contribution < 1.29 is 4.79 Å². The zero-order chi connectivity index (χ0) is 19.7. The molecule has 28 heavy (non-hydrogen) atoms. The van der Waals surface area contributed by atoms with Crippen molar-refractivity contribution in [2.45, 2.75) is 46.1 Å². The van der Waals surface area contributed by atoms with Gasteiger partial charge in [-0.05, 0) is 32.3 Å². The van der Waals surface area contributed by atoms with Gasteiger partial charge in [0.1, 0.15) is 11.5 Å². The number of piperidine rings is 1. The van der Waals surface area contributed by atoms with Crippen molar-refractivity contribution in [1.29, 1.82) is 0 Å². The molecular formula is C22H27N5O. The second-order valence-electron chi connectivity index (χ2n) is 7.54. The van der Waals surface area contributed by atoms with E-state index in [9.17, 15) is 4.79 Å². The number of hydrogen-bond acceptors (Lipinski definition) is 4. The first-order valence-electron chi connectivity index (χ1n) is 10.0. The molecular weight excluding hydrogens is 350 g/mol. The first-order valence-corrected chi connectivity index (χ1v) is 10.0. The molecule has 3 aromatic rings. The van der Waals surface area contributed by atoms with E-state index in [4.69, 9.17) is 9.97 Å². The van der Waals surface area contributed by atoms with Gasteiger partial charge in [-0.3, -0.25) is 4.79 Å². The average molecular weight is 377 g/mol. The van der Waals surface area contributed by atoms with Crippen molar-refractivity contribution in [3.8, 4) is 11.4 Å². The maximum absolute atomic E-state index is 11.9.